The molecule has 0 aliphatic rings. The summed E-state index contributed by atoms with van der Waals surface area (Å²) in [4.78, 5) is 18.0. The molecule has 0 saturated carbocycles. The number of nitrogens with zero attached hydrogens (tertiary/aromatic N) is 2. The lowest BCUT2D eigenvalue weighted by Crippen LogP contribution is -2.24. The van der Waals surface area contributed by atoms with Crippen molar-refractivity contribution < 1.29 is 4.79 Å². The summed E-state index contributed by atoms with van der Waals surface area (Å²) in [7, 11) is 0. The van der Waals surface area contributed by atoms with Gasteiger partial charge in [0.1, 0.15) is 0 Å². The summed E-state index contributed by atoms with van der Waals surface area (Å²) in [5.41, 5.74) is 1.06. The number of imidazole rings is 1. The Morgan fingerprint density at radius 2 is 2.39 bits per heavy atom. The summed E-state index contributed by atoms with van der Waals surface area (Å²) in [5.74, 6) is 0.0527. The molecule has 1 amide bonds. The van der Waals surface area contributed by atoms with Gasteiger partial charge in [0, 0.05) is 22.7 Å². The van der Waals surface area contributed by atoms with E-state index in [9.17, 15) is 4.79 Å². The van der Waals surface area contributed by atoms with Crippen molar-refractivity contribution in [3.05, 3.63) is 45.9 Å². The fourth-order valence-corrected chi connectivity index (χ4v) is 3.28. The first-order valence-electron chi connectivity index (χ1n) is 5.51. The van der Waals surface area contributed by atoms with Gasteiger partial charge in [-0.25, -0.2) is 4.98 Å². The van der Waals surface area contributed by atoms with E-state index < -0.39 is 0 Å². The lowest BCUT2D eigenvalue weighted by Gasteiger charge is -2.03. The van der Waals surface area contributed by atoms with Crippen LogP contribution in [0, 0.1) is 0 Å². The zero-order valence-corrected chi connectivity index (χ0v) is 11.1. The van der Waals surface area contributed by atoms with Gasteiger partial charge in [-0.15, -0.1) is 22.7 Å². The second kappa shape index (κ2) is 4.91. The summed E-state index contributed by atoms with van der Waals surface area (Å²) in [6.45, 7) is 0.542. The molecule has 0 spiro atoms. The molecule has 3 aromatic rings. The first-order valence-corrected chi connectivity index (χ1v) is 7.27. The fourth-order valence-electron chi connectivity index (χ4n) is 1.72. The molecule has 1 N–H and O–H groups in total. The highest BCUT2D eigenvalue weighted by Gasteiger charge is 2.07. The predicted molar refractivity (Wildman–Crippen MR) is 72.9 cm³/mol. The van der Waals surface area contributed by atoms with Crippen LogP contribution in [0.3, 0.4) is 0 Å². The first-order chi connectivity index (χ1) is 8.83. The Morgan fingerprint density at radius 1 is 1.44 bits per heavy atom. The van der Waals surface area contributed by atoms with Gasteiger partial charge in [-0.1, -0.05) is 6.07 Å². The Balaban J connectivity index is 1.61. The first kappa shape index (κ1) is 11.4. The third-order valence-corrected chi connectivity index (χ3v) is 4.38. The average molecular weight is 277 g/mol. The molecule has 0 aromatic carbocycles. The molecule has 0 aliphatic heterocycles. The van der Waals surface area contributed by atoms with Gasteiger partial charge in [0.2, 0.25) is 5.91 Å². The highest BCUT2D eigenvalue weighted by atomic mass is 32.1. The van der Waals surface area contributed by atoms with Gasteiger partial charge in [0.15, 0.2) is 4.96 Å². The van der Waals surface area contributed by atoms with Crippen LogP contribution in [0.4, 0.5) is 0 Å². The molecule has 0 fully saturated rings. The highest BCUT2D eigenvalue weighted by Crippen LogP contribution is 2.14. The Kier molecular flexibility index (Phi) is 3.12. The van der Waals surface area contributed by atoms with Crippen LogP contribution in [0.25, 0.3) is 4.96 Å². The molecule has 0 unspecified atom stereocenters. The summed E-state index contributed by atoms with van der Waals surface area (Å²) >= 11 is 3.18. The topological polar surface area (TPSA) is 46.4 Å². The van der Waals surface area contributed by atoms with Crippen molar-refractivity contribution in [2.24, 2.45) is 0 Å². The smallest absolute Gasteiger partial charge is 0.225 e. The molecule has 0 bridgehead atoms. The normalized spacial score (nSPS) is 10.9. The molecule has 6 heteroatoms. The molecule has 18 heavy (non-hydrogen) atoms. The van der Waals surface area contributed by atoms with E-state index >= 15 is 0 Å². The van der Waals surface area contributed by atoms with E-state index in [0.29, 0.717) is 13.0 Å². The molecular weight excluding hydrogens is 266 g/mol. The minimum Gasteiger partial charge on any atom is -0.350 e. The van der Waals surface area contributed by atoms with Gasteiger partial charge in [0.25, 0.3) is 0 Å². The van der Waals surface area contributed by atoms with E-state index in [1.807, 2.05) is 33.5 Å². The van der Waals surface area contributed by atoms with Gasteiger partial charge in [0.05, 0.1) is 18.7 Å². The third kappa shape index (κ3) is 2.30. The second-order valence-corrected chi connectivity index (χ2v) is 5.71. The van der Waals surface area contributed by atoms with E-state index in [2.05, 4.69) is 10.3 Å². The standard InChI is InChI=1S/C12H11N3OS2/c16-11(6-10-2-1-5-17-10)14-7-9-8-18-12-13-3-4-15(9)12/h1-5,8H,6-7H2,(H,14,16). The van der Waals surface area contributed by atoms with Gasteiger partial charge in [-0.2, -0.15) is 0 Å². The van der Waals surface area contributed by atoms with Crippen molar-refractivity contribution in [2.45, 2.75) is 13.0 Å². The fraction of sp³-hybridized carbons (Fsp3) is 0.167. The Morgan fingerprint density at radius 3 is 3.22 bits per heavy atom. The van der Waals surface area contributed by atoms with Crippen LogP contribution < -0.4 is 5.32 Å². The third-order valence-electron chi connectivity index (χ3n) is 2.60. The average Bonchev–Trinajstić information content (AvgIpc) is 3.03. The van der Waals surface area contributed by atoms with E-state index in [1.165, 1.54) is 0 Å². The maximum Gasteiger partial charge on any atom is 0.225 e. The van der Waals surface area contributed by atoms with Gasteiger partial charge in [-0.3, -0.25) is 9.20 Å². The van der Waals surface area contributed by atoms with Crippen LogP contribution in [-0.2, 0) is 17.8 Å². The van der Waals surface area contributed by atoms with Crippen LogP contribution in [0.2, 0.25) is 0 Å². The number of amides is 1. The molecule has 3 rings (SSSR count). The zero-order chi connectivity index (χ0) is 12.4. The van der Waals surface area contributed by atoms with Crippen molar-refractivity contribution in [3.8, 4) is 0 Å². The number of fused-ring (bicyclic) bond motifs is 1. The summed E-state index contributed by atoms with van der Waals surface area (Å²) in [6, 6.07) is 3.93. The lowest BCUT2D eigenvalue weighted by atomic mass is 10.3. The number of rotatable bonds is 4. The number of thiazole rings is 1. The Hall–Kier alpha value is -1.66. The molecular formula is C12H11N3OS2. The van der Waals surface area contributed by atoms with Crippen LogP contribution in [0.5, 0.6) is 0 Å². The monoisotopic (exact) mass is 277 g/mol. The maximum atomic E-state index is 11.8. The minimum atomic E-state index is 0.0527. The molecule has 0 atom stereocenters. The summed E-state index contributed by atoms with van der Waals surface area (Å²) in [6.07, 6.45) is 4.13. The van der Waals surface area contributed by atoms with Crippen LogP contribution in [0.1, 0.15) is 10.6 Å². The zero-order valence-electron chi connectivity index (χ0n) is 9.50. The van der Waals surface area contributed by atoms with Crippen molar-refractivity contribution >= 4 is 33.5 Å². The van der Waals surface area contributed by atoms with Crippen LogP contribution in [-0.4, -0.2) is 15.3 Å². The predicted octanol–water partition coefficient (Wildman–Crippen LogP) is 2.32. The van der Waals surface area contributed by atoms with E-state index in [0.717, 1.165) is 15.5 Å². The van der Waals surface area contributed by atoms with Crippen molar-refractivity contribution in [1.82, 2.24) is 14.7 Å². The second-order valence-electron chi connectivity index (χ2n) is 3.84. The number of carbonyl (C=O) groups excluding carboxylic acids is 1. The largest absolute Gasteiger partial charge is 0.350 e. The molecule has 3 aromatic heterocycles. The van der Waals surface area contributed by atoms with Crippen LogP contribution >= 0.6 is 22.7 Å². The van der Waals surface area contributed by atoms with Crippen molar-refractivity contribution in [1.29, 1.82) is 0 Å². The van der Waals surface area contributed by atoms with Gasteiger partial charge < -0.3 is 5.32 Å². The number of carbonyl (C=O) groups is 1. The van der Waals surface area contributed by atoms with E-state index in [-0.39, 0.29) is 5.91 Å². The quantitative estimate of drug-likeness (QED) is 0.795. The minimum absolute atomic E-state index is 0.0527. The molecule has 0 saturated heterocycles. The number of nitrogens with one attached hydrogen (secondary N) is 1. The summed E-state index contributed by atoms with van der Waals surface area (Å²) < 4.78 is 2.00. The molecule has 92 valence electrons. The van der Waals surface area contributed by atoms with Crippen molar-refractivity contribution in [2.75, 3.05) is 0 Å². The van der Waals surface area contributed by atoms with Crippen LogP contribution in [0.15, 0.2) is 35.3 Å². The van der Waals surface area contributed by atoms with Crippen molar-refractivity contribution in [3.63, 3.8) is 0 Å². The molecule has 0 radical (unpaired) electrons. The SMILES string of the molecule is O=C(Cc1cccs1)NCc1csc2nccn12. The maximum absolute atomic E-state index is 11.8. The number of thiophene rings is 1. The lowest BCUT2D eigenvalue weighted by molar-refractivity contribution is -0.120. The van der Waals surface area contributed by atoms with Gasteiger partial charge in [-0.05, 0) is 11.4 Å². The Labute approximate surface area is 112 Å². The van der Waals surface area contributed by atoms with E-state index in [4.69, 9.17) is 0 Å². The van der Waals surface area contributed by atoms with E-state index in [1.54, 1.807) is 28.9 Å². The number of aromatic nitrogens is 2. The number of hydrogen-bond acceptors (Lipinski definition) is 4. The number of hydrogen-bond donors (Lipinski definition) is 1. The molecule has 0 aliphatic carbocycles. The highest BCUT2D eigenvalue weighted by molar-refractivity contribution is 7.15. The summed E-state index contributed by atoms with van der Waals surface area (Å²) in [5, 5.41) is 6.94. The van der Waals surface area contributed by atoms with Gasteiger partial charge >= 0.3 is 0 Å². The Bertz CT molecular complexity index is 654. The molecule has 3 heterocycles. The molecule has 4 nitrogen and oxygen atoms in total.